The highest BCUT2D eigenvalue weighted by molar-refractivity contribution is 6.31. The summed E-state index contributed by atoms with van der Waals surface area (Å²) < 4.78 is 0. The normalized spacial score (nSPS) is 16.1. The van der Waals surface area contributed by atoms with E-state index in [2.05, 4.69) is 5.32 Å². The van der Waals surface area contributed by atoms with Gasteiger partial charge in [-0.15, -0.1) is 0 Å². The van der Waals surface area contributed by atoms with E-state index in [9.17, 15) is 9.59 Å². The van der Waals surface area contributed by atoms with Gasteiger partial charge >= 0.3 is 5.97 Å². The Bertz CT molecular complexity index is 471. The molecule has 0 aliphatic heterocycles. The van der Waals surface area contributed by atoms with Crippen LogP contribution in [-0.4, -0.2) is 23.0 Å². The molecule has 1 aliphatic rings. The van der Waals surface area contributed by atoms with Crippen LogP contribution in [0, 0.1) is 5.92 Å². The molecule has 1 atom stereocenters. The molecule has 0 radical (unpaired) electrons. The molecule has 18 heavy (non-hydrogen) atoms. The number of carbonyl (C=O) groups excluding carboxylic acids is 1. The fraction of sp³-hybridized carbons (Fsp3) is 0.385. The predicted octanol–water partition coefficient (Wildman–Crippen LogP) is 1.86. The van der Waals surface area contributed by atoms with Crippen LogP contribution in [0.25, 0.3) is 0 Å². The third-order valence-corrected chi connectivity index (χ3v) is 3.31. The highest BCUT2D eigenvalue weighted by Crippen LogP contribution is 2.29. The molecule has 0 aromatic heterocycles. The van der Waals surface area contributed by atoms with Crippen molar-refractivity contribution in [3.63, 3.8) is 0 Å². The van der Waals surface area contributed by atoms with Gasteiger partial charge in [-0.1, -0.05) is 29.8 Å². The fourth-order valence-electron chi connectivity index (χ4n) is 1.72. The van der Waals surface area contributed by atoms with Crippen LogP contribution in [0.4, 0.5) is 0 Å². The summed E-state index contributed by atoms with van der Waals surface area (Å²) in [6, 6.07) is 6.13. The second-order valence-electron chi connectivity index (χ2n) is 4.47. The number of rotatable bonds is 5. The van der Waals surface area contributed by atoms with Crippen LogP contribution in [0.1, 0.15) is 18.4 Å². The zero-order valence-corrected chi connectivity index (χ0v) is 10.5. The van der Waals surface area contributed by atoms with Crippen LogP contribution in [0.5, 0.6) is 0 Å². The van der Waals surface area contributed by atoms with Gasteiger partial charge in [0.15, 0.2) is 0 Å². The molecule has 0 bridgehead atoms. The average molecular weight is 268 g/mol. The van der Waals surface area contributed by atoms with Crippen molar-refractivity contribution in [2.24, 2.45) is 5.92 Å². The van der Waals surface area contributed by atoms with E-state index < -0.39 is 12.0 Å². The summed E-state index contributed by atoms with van der Waals surface area (Å²) in [5, 5.41) is 12.2. The number of carboxylic acid groups (broad SMARTS) is 1. The number of carbonyl (C=O) groups is 2. The summed E-state index contributed by atoms with van der Waals surface area (Å²) in [6.07, 6.45) is 1.90. The van der Waals surface area contributed by atoms with Crippen molar-refractivity contribution < 1.29 is 14.7 Å². The topological polar surface area (TPSA) is 66.4 Å². The van der Waals surface area contributed by atoms with Gasteiger partial charge in [-0.2, -0.15) is 0 Å². The number of nitrogens with one attached hydrogen (secondary N) is 1. The summed E-state index contributed by atoms with van der Waals surface area (Å²) in [4.78, 5) is 22.7. The molecular weight excluding hydrogens is 254 g/mol. The first-order valence-electron chi connectivity index (χ1n) is 5.84. The van der Waals surface area contributed by atoms with Gasteiger partial charge in [-0.3, -0.25) is 4.79 Å². The number of benzene rings is 1. The predicted molar refractivity (Wildman–Crippen MR) is 67.4 cm³/mol. The van der Waals surface area contributed by atoms with E-state index in [-0.39, 0.29) is 18.2 Å². The molecule has 2 N–H and O–H groups in total. The quantitative estimate of drug-likeness (QED) is 0.856. The van der Waals surface area contributed by atoms with Crippen molar-refractivity contribution in [2.75, 3.05) is 0 Å². The van der Waals surface area contributed by atoms with E-state index >= 15 is 0 Å². The lowest BCUT2D eigenvalue weighted by atomic mass is 10.1. The minimum atomic E-state index is -1.04. The first-order valence-corrected chi connectivity index (χ1v) is 6.22. The number of hydrogen-bond acceptors (Lipinski definition) is 2. The molecule has 1 aliphatic carbocycles. The van der Waals surface area contributed by atoms with Crippen LogP contribution >= 0.6 is 11.6 Å². The third kappa shape index (κ3) is 3.23. The molecular formula is C13H14ClNO3. The Balaban J connectivity index is 2.04. The summed E-state index contributed by atoms with van der Waals surface area (Å²) in [7, 11) is 0. The molecule has 0 heterocycles. The van der Waals surface area contributed by atoms with Crippen LogP contribution in [0.3, 0.4) is 0 Å². The maximum Gasteiger partial charge on any atom is 0.326 e. The molecule has 0 saturated heterocycles. The minimum absolute atomic E-state index is 0.00176. The molecule has 4 nitrogen and oxygen atoms in total. The Morgan fingerprint density at radius 3 is 2.61 bits per heavy atom. The Hall–Kier alpha value is -1.55. The lowest BCUT2D eigenvalue weighted by molar-refractivity contribution is -0.142. The summed E-state index contributed by atoms with van der Waals surface area (Å²) in [6.45, 7) is 0. The van der Waals surface area contributed by atoms with Crippen molar-refractivity contribution >= 4 is 23.5 Å². The zero-order chi connectivity index (χ0) is 13.1. The van der Waals surface area contributed by atoms with Gasteiger partial charge in [0.25, 0.3) is 0 Å². The van der Waals surface area contributed by atoms with Gasteiger partial charge in [0.1, 0.15) is 6.04 Å². The smallest absolute Gasteiger partial charge is 0.326 e. The number of halogens is 1. The number of hydrogen-bond donors (Lipinski definition) is 2. The Labute approximate surface area is 110 Å². The lowest BCUT2D eigenvalue weighted by Crippen LogP contribution is -2.43. The average Bonchev–Trinajstić information content (AvgIpc) is 3.14. The SMILES string of the molecule is O=C(NC(Cc1ccccc1Cl)C(=O)O)C1CC1. The molecule has 1 unspecified atom stereocenters. The van der Waals surface area contributed by atoms with Gasteiger partial charge < -0.3 is 10.4 Å². The Kier molecular flexibility index (Phi) is 3.87. The van der Waals surface area contributed by atoms with Crippen molar-refractivity contribution in [3.8, 4) is 0 Å². The third-order valence-electron chi connectivity index (χ3n) is 2.94. The van der Waals surface area contributed by atoms with Crippen molar-refractivity contribution in [2.45, 2.75) is 25.3 Å². The summed E-state index contributed by atoms with van der Waals surface area (Å²) >= 11 is 5.98. The molecule has 1 aromatic rings. The zero-order valence-electron chi connectivity index (χ0n) is 9.73. The van der Waals surface area contributed by atoms with E-state index in [1.807, 2.05) is 0 Å². The van der Waals surface area contributed by atoms with Gasteiger partial charge in [0.05, 0.1) is 0 Å². The van der Waals surface area contributed by atoms with Crippen molar-refractivity contribution in [1.29, 1.82) is 0 Å². The number of amides is 1. The second-order valence-corrected chi connectivity index (χ2v) is 4.88. The van der Waals surface area contributed by atoms with E-state index in [4.69, 9.17) is 16.7 Å². The molecule has 2 rings (SSSR count). The lowest BCUT2D eigenvalue weighted by Gasteiger charge is -2.15. The first kappa shape index (κ1) is 12.9. The van der Waals surface area contributed by atoms with Crippen molar-refractivity contribution in [3.05, 3.63) is 34.9 Å². The maximum absolute atomic E-state index is 11.6. The molecule has 1 fully saturated rings. The van der Waals surface area contributed by atoms with Crippen LogP contribution in [0.2, 0.25) is 5.02 Å². The monoisotopic (exact) mass is 267 g/mol. The first-order chi connectivity index (χ1) is 8.58. The highest BCUT2D eigenvalue weighted by Gasteiger charge is 2.32. The molecule has 1 saturated carbocycles. The van der Waals surface area contributed by atoms with E-state index in [0.717, 1.165) is 18.4 Å². The van der Waals surface area contributed by atoms with E-state index in [1.54, 1.807) is 24.3 Å². The van der Waals surface area contributed by atoms with E-state index in [0.29, 0.717) is 5.02 Å². The molecule has 5 heteroatoms. The van der Waals surface area contributed by atoms with Gasteiger partial charge in [-0.25, -0.2) is 4.79 Å². The molecule has 1 aromatic carbocycles. The van der Waals surface area contributed by atoms with Crippen molar-refractivity contribution in [1.82, 2.24) is 5.32 Å². The van der Waals surface area contributed by atoms with Crippen LogP contribution in [0.15, 0.2) is 24.3 Å². The molecule has 0 spiro atoms. The molecule has 1 amide bonds. The van der Waals surface area contributed by atoms with Gasteiger partial charge in [0.2, 0.25) is 5.91 Å². The summed E-state index contributed by atoms with van der Waals surface area (Å²) in [5.74, 6) is -1.21. The van der Waals surface area contributed by atoms with E-state index in [1.165, 1.54) is 0 Å². The summed E-state index contributed by atoms with van der Waals surface area (Å²) in [5.41, 5.74) is 0.725. The number of aliphatic carboxylic acids is 1. The Morgan fingerprint density at radius 2 is 2.06 bits per heavy atom. The number of carboxylic acids is 1. The largest absolute Gasteiger partial charge is 0.480 e. The van der Waals surface area contributed by atoms with Crippen LogP contribution in [-0.2, 0) is 16.0 Å². The second kappa shape index (κ2) is 5.40. The standard InChI is InChI=1S/C13H14ClNO3/c14-10-4-2-1-3-9(10)7-11(13(17)18)15-12(16)8-5-6-8/h1-4,8,11H,5-7H2,(H,15,16)(H,17,18). The van der Waals surface area contributed by atoms with Gasteiger partial charge in [-0.05, 0) is 24.5 Å². The molecule has 96 valence electrons. The Morgan fingerprint density at radius 1 is 1.39 bits per heavy atom. The fourth-order valence-corrected chi connectivity index (χ4v) is 1.93. The van der Waals surface area contributed by atoms with Crippen LogP contribution < -0.4 is 5.32 Å². The maximum atomic E-state index is 11.6. The highest BCUT2D eigenvalue weighted by atomic mass is 35.5. The minimum Gasteiger partial charge on any atom is -0.480 e. The van der Waals surface area contributed by atoms with Gasteiger partial charge in [0, 0.05) is 17.4 Å².